The van der Waals surface area contributed by atoms with Gasteiger partial charge in [0.25, 0.3) is 0 Å². The van der Waals surface area contributed by atoms with Crippen molar-refractivity contribution in [1.29, 1.82) is 0 Å². The lowest BCUT2D eigenvalue weighted by Crippen LogP contribution is -2.31. The molecule has 1 aliphatic carbocycles. The molecule has 96 valence electrons. The minimum atomic E-state index is -3.12. The van der Waals surface area contributed by atoms with Gasteiger partial charge in [0.2, 0.25) is 5.89 Å². The van der Waals surface area contributed by atoms with Crippen molar-refractivity contribution in [2.45, 2.75) is 43.4 Å². The first-order valence-electron chi connectivity index (χ1n) is 5.71. The summed E-state index contributed by atoms with van der Waals surface area (Å²) in [6.45, 7) is 0. The minimum absolute atomic E-state index is 0.0373. The second-order valence-corrected chi connectivity index (χ2v) is 6.81. The molecule has 0 spiro atoms. The highest BCUT2D eigenvalue weighted by atomic mass is 32.2. The summed E-state index contributed by atoms with van der Waals surface area (Å²) in [6, 6.07) is 0.0373. The monoisotopic (exact) mass is 259 g/mol. The van der Waals surface area contributed by atoms with E-state index in [0.717, 1.165) is 31.9 Å². The molecular weight excluding hydrogens is 242 g/mol. The highest BCUT2D eigenvalue weighted by molar-refractivity contribution is 7.89. The van der Waals surface area contributed by atoms with Crippen LogP contribution in [0.1, 0.15) is 43.3 Å². The van der Waals surface area contributed by atoms with Gasteiger partial charge in [0.05, 0.1) is 5.92 Å². The molecule has 0 radical (unpaired) electrons. The van der Waals surface area contributed by atoms with Crippen molar-refractivity contribution in [3.05, 3.63) is 11.7 Å². The van der Waals surface area contributed by atoms with E-state index >= 15 is 0 Å². The van der Waals surface area contributed by atoms with Crippen LogP contribution in [0.4, 0.5) is 0 Å². The number of nitrogens with two attached hydrogens (primary N) is 1. The molecule has 1 aromatic heterocycles. The van der Waals surface area contributed by atoms with Crippen molar-refractivity contribution in [1.82, 2.24) is 10.1 Å². The Morgan fingerprint density at radius 1 is 1.41 bits per heavy atom. The Kier molecular flexibility index (Phi) is 3.48. The van der Waals surface area contributed by atoms with E-state index in [1.54, 1.807) is 0 Å². The summed E-state index contributed by atoms with van der Waals surface area (Å²) >= 11 is 0. The molecule has 1 saturated carbocycles. The summed E-state index contributed by atoms with van der Waals surface area (Å²) in [5.41, 5.74) is 6.00. The molecule has 7 heteroatoms. The largest absolute Gasteiger partial charge is 0.339 e. The number of sulfone groups is 1. The van der Waals surface area contributed by atoms with Gasteiger partial charge in [0, 0.05) is 12.3 Å². The summed E-state index contributed by atoms with van der Waals surface area (Å²) in [6.07, 6.45) is 5.26. The maximum absolute atomic E-state index is 11.1. The van der Waals surface area contributed by atoms with Gasteiger partial charge in [0.15, 0.2) is 15.7 Å². The molecule has 2 N–H and O–H groups in total. The van der Waals surface area contributed by atoms with Gasteiger partial charge >= 0.3 is 0 Å². The minimum Gasteiger partial charge on any atom is -0.339 e. The van der Waals surface area contributed by atoms with E-state index in [2.05, 4.69) is 10.1 Å². The number of hydrogen-bond acceptors (Lipinski definition) is 6. The number of aromatic nitrogens is 2. The molecular formula is C10H17N3O3S. The van der Waals surface area contributed by atoms with Gasteiger partial charge < -0.3 is 10.3 Å². The third kappa shape index (κ3) is 3.26. The molecule has 0 amide bonds. The van der Waals surface area contributed by atoms with E-state index in [0.29, 0.717) is 5.89 Å². The first kappa shape index (κ1) is 12.5. The molecule has 1 heterocycles. The molecule has 0 aromatic carbocycles. The molecule has 1 aliphatic rings. The fraction of sp³-hybridized carbons (Fsp3) is 0.800. The predicted molar refractivity (Wildman–Crippen MR) is 62.0 cm³/mol. The Hall–Kier alpha value is -0.950. The van der Waals surface area contributed by atoms with E-state index in [1.807, 2.05) is 0 Å². The third-order valence-corrected chi connectivity index (χ3v) is 3.79. The second kappa shape index (κ2) is 4.73. The maximum Gasteiger partial charge on any atom is 0.231 e. The van der Waals surface area contributed by atoms with Crippen molar-refractivity contribution in [3.8, 4) is 0 Å². The summed E-state index contributed by atoms with van der Waals surface area (Å²) in [5, 5.41) is 3.69. The van der Waals surface area contributed by atoms with Gasteiger partial charge in [0.1, 0.15) is 5.75 Å². The highest BCUT2D eigenvalue weighted by Gasteiger charge is 2.28. The molecule has 1 aromatic rings. The van der Waals surface area contributed by atoms with Crippen molar-refractivity contribution in [2.75, 3.05) is 6.26 Å². The van der Waals surface area contributed by atoms with Gasteiger partial charge in [-0.2, -0.15) is 4.98 Å². The van der Waals surface area contributed by atoms with Gasteiger partial charge in [-0.25, -0.2) is 8.42 Å². The van der Waals surface area contributed by atoms with Crippen LogP contribution in [0.3, 0.4) is 0 Å². The molecule has 17 heavy (non-hydrogen) atoms. The molecule has 2 atom stereocenters. The fourth-order valence-corrected chi connectivity index (χ4v) is 2.76. The quantitative estimate of drug-likeness (QED) is 0.853. The van der Waals surface area contributed by atoms with Gasteiger partial charge in [-0.05, 0) is 12.8 Å². The van der Waals surface area contributed by atoms with E-state index in [1.165, 1.54) is 0 Å². The lowest BCUT2D eigenvalue weighted by Gasteiger charge is -2.25. The Bertz CT molecular complexity index is 483. The number of hydrogen-bond donors (Lipinski definition) is 1. The van der Waals surface area contributed by atoms with Crippen LogP contribution in [0.15, 0.2) is 4.52 Å². The average molecular weight is 259 g/mol. The van der Waals surface area contributed by atoms with Crippen LogP contribution in [0, 0.1) is 0 Å². The van der Waals surface area contributed by atoms with Crippen LogP contribution in [0.25, 0.3) is 0 Å². The summed E-state index contributed by atoms with van der Waals surface area (Å²) in [4.78, 5) is 4.13. The zero-order valence-electron chi connectivity index (χ0n) is 9.80. The number of rotatable bonds is 3. The molecule has 0 saturated heterocycles. The van der Waals surface area contributed by atoms with E-state index in [9.17, 15) is 8.42 Å². The highest BCUT2D eigenvalue weighted by Crippen LogP contribution is 2.30. The van der Waals surface area contributed by atoms with Crippen LogP contribution in [-0.2, 0) is 15.6 Å². The molecule has 6 nitrogen and oxygen atoms in total. The Morgan fingerprint density at radius 3 is 2.76 bits per heavy atom. The van der Waals surface area contributed by atoms with E-state index in [-0.39, 0.29) is 23.5 Å². The van der Waals surface area contributed by atoms with Crippen LogP contribution < -0.4 is 5.73 Å². The van der Waals surface area contributed by atoms with Gasteiger partial charge in [-0.3, -0.25) is 0 Å². The van der Waals surface area contributed by atoms with E-state index < -0.39 is 9.84 Å². The first-order valence-corrected chi connectivity index (χ1v) is 7.77. The number of nitrogens with zero attached hydrogens (tertiary/aromatic N) is 2. The average Bonchev–Trinajstić information content (AvgIpc) is 2.64. The molecule has 0 bridgehead atoms. The van der Waals surface area contributed by atoms with Crippen molar-refractivity contribution < 1.29 is 12.9 Å². The Morgan fingerprint density at radius 2 is 2.12 bits per heavy atom. The molecule has 2 unspecified atom stereocenters. The van der Waals surface area contributed by atoms with Crippen molar-refractivity contribution in [3.63, 3.8) is 0 Å². The lowest BCUT2D eigenvalue weighted by atomic mass is 9.85. The lowest BCUT2D eigenvalue weighted by molar-refractivity contribution is 0.289. The third-order valence-electron chi connectivity index (χ3n) is 3.01. The van der Waals surface area contributed by atoms with Crippen molar-refractivity contribution >= 4 is 9.84 Å². The summed E-state index contributed by atoms with van der Waals surface area (Å²) in [5.74, 6) is 0.596. The fourth-order valence-electron chi connectivity index (χ4n) is 2.18. The molecule has 0 aliphatic heterocycles. The van der Waals surface area contributed by atoms with Gasteiger partial charge in [-0.1, -0.05) is 18.0 Å². The van der Waals surface area contributed by atoms with Gasteiger partial charge in [-0.15, -0.1) is 0 Å². The Balaban J connectivity index is 2.12. The van der Waals surface area contributed by atoms with Crippen LogP contribution in [-0.4, -0.2) is 30.9 Å². The maximum atomic E-state index is 11.1. The smallest absolute Gasteiger partial charge is 0.231 e. The van der Waals surface area contributed by atoms with Crippen molar-refractivity contribution in [2.24, 2.45) is 5.73 Å². The van der Waals surface area contributed by atoms with E-state index in [4.69, 9.17) is 10.3 Å². The molecule has 2 rings (SSSR count). The van der Waals surface area contributed by atoms with Crippen LogP contribution >= 0.6 is 0 Å². The first-order chi connectivity index (χ1) is 7.96. The zero-order valence-corrected chi connectivity index (χ0v) is 10.6. The molecule has 1 fully saturated rings. The van der Waals surface area contributed by atoms with Crippen LogP contribution in [0.2, 0.25) is 0 Å². The Labute approximate surface area is 100 Å². The topological polar surface area (TPSA) is 99.1 Å². The standard InChI is InChI=1S/C10H17N3O3S/c1-17(14,15)6-9-12-10(16-13-9)7-4-2-3-5-8(7)11/h7-8H,2-6,11H2,1H3. The summed E-state index contributed by atoms with van der Waals surface area (Å²) < 4.78 is 27.3. The zero-order chi connectivity index (χ0) is 12.5. The summed E-state index contributed by atoms with van der Waals surface area (Å²) in [7, 11) is -3.12. The van der Waals surface area contributed by atoms with Crippen LogP contribution in [0.5, 0.6) is 0 Å². The normalized spacial score (nSPS) is 26.0. The second-order valence-electron chi connectivity index (χ2n) is 4.67. The SMILES string of the molecule is CS(=O)(=O)Cc1noc(C2CCCCC2N)n1. The predicted octanol–water partition coefficient (Wildman–Crippen LogP) is 0.599.